The van der Waals surface area contributed by atoms with Crippen molar-refractivity contribution < 1.29 is 19.0 Å². The first-order valence-corrected chi connectivity index (χ1v) is 3.69. The molecule has 2 atom stereocenters. The van der Waals surface area contributed by atoms with E-state index in [1.807, 2.05) is 13.8 Å². The minimum Gasteiger partial charge on any atom is -0.458 e. The fourth-order valence-electron chi connectivity index (χ4n) is 0.725. The Hall–Kier alpha value is -0.640. The van der Waals surface area contributed by atoms with Gasteiger partial charge in [-0.1, -0.05) is 13.8 Å². The fraction of sp³-hybridized carbons (Fsp3) is 0.857. The molecule has 0 radical (unpaired) electrons. The summed E-state index contributed by atoms with van der Waals surface area (Å²) in [7, 11) is 0. The van der Waals surface area contributed by atoms with Gasteiger partial charge in [0.15, 0.2) is 0 Å². The predicted molar refractivity (Wildman–Crippen MR) is 37.8 cm³/mol. The van der Waals surface area contributed by atoms with Crippen molar-refractivity contribution in [3.05, 3.63) is 0 Å². The SMILES string of the molecule is CC.O=C1OC(CO)CC1F. The molecule has 1 fully saturated rings. The number of alkyl halides is 1. The Bertz CT molecular complexity index is 127. The number of halogens is 1. The van der Waals surface area contributed by atoms with Crippen molar-refractivity contribution >= 4 is 5.97 Å². The molecule has 11 heavy (non-hydrogen) atoms. The van der Waals surface area contributed by atoms with Crippen molar-refractivity contribution in [2.75, 3.05) is 6.61 Å². The normalized spacial score (nSPS) is 28.9. The molecule has 0 bridgehead atoms. The van der Waals surface area contributed by atoms with E-state index in [-0.39, 0.29) is 13.0 Å². The largest absolute Gasteiger partial charge is 0.458 e. The molecule has 3 nitrogen and oxygen atoms in total. The first-order chi connectivity index (χ1) is 5.24. The third-order valence-electron chi connectivity index (χ3n) is 1.21. The molecular weight excluding hydrogens is 151 g/mol. The first kappa shape index (κ1) is 10.4. The van der Waals surface area contributed by atoms with E-state index in [2.05, 4.69) is 4.74 Å². The maximum Gasteiger partial charge on any atom is 0.341 e. The van der Waals surface area contributed by atoms with Crippen LogP contribution in [0.2, 0.25) is 0 Å². The fourth-order valence-corrected chi connectivity index (χ4v) is 0.725. The molecule has 66 valence electrons. The average Bonchev–Trinajstić information content (AvgIpc) is 2.36. The molecule has 1 aliphatic heterocycles. The highest BCUT2D eigenvalue weighted by molar-refractivity contribution is 5.76. The minimum absolute atomic E-state index is 0.00463. The molecule has 0 aromatic heterocycles. The molecule has 1 rings (SSSR count). The van der Waals surface area contributed by atoms with Gasteiger partial charge >= 0.3 is 5.97 Å². The van der Waals surface area contributed by atoms with Gasteiger partial charge in [0, 0.05) is 6.42 Å². The van der Waals surface area contributed by atoms with Crippen LogP contribution in [0, 0.1) is 0 Å². The van der Waals surface area contributed by atoms with Crippen molar-refractivity contribution in [1.29, 1.82) is 0 Å². The highest BCUT2D eigenvalue weighted by Crippen LogP contribution is 2.16. The molecule has 0 spiro atoms. The summed E-state index contributed by atoms with van der Waals surface area (Å²) in [5.41, 5.74) is 0. The lowest BCUT2D eigenvalue weighted by atomic mass is 10.2. The van der Waals surface area contributed by atoms with E-state index < -0.39 is 18.2 Å². The van der Waals surface area contributed by atoms with Gasteiger partial charge in [-0.2, -0.15) is 0 Å². The van der Waals surface area contributed by atoms with Gasteiger partial charge in [0.1, 0.15) is 6.10 Å². The van der Waals surface area contributed by atoms with E-state index in [4.69, 9.17) is 5.11 Å². The molecule has 0 aliphatic carbocycles. The highest BCUT2D eigenvalue weighted by atomic mass is 19.1. The number of aliphatic hydroxyl groups excluding tert-OH is 1. The molecule has 0 amide bonds. The Morgan fingerprint density at radius 2 is 2.27 bits per heavy atom. The van der Waals surface area contributed by atoms with Crippen molar-refractivity contribution in [1.82, 2.24) is 0 Å². The lowest BCUT2D eigenvalue weighted by Gasteiger charge is -2.00. The lowest BCUT2D eigenvalue weighted by molar-refractivity contribution is -0.146. The van der Waals surface area contributed by atoms with Gasteiger partial charge < -0.3 is 9.84 Å². The van der Waals surface area contributed by atoms with Gasteiger partial charge in [-0.3, -0.25) is 0 Å². The highest BCUT2D eigenvalue weighted by Gasteiger charge is 2.33. The minimum atomic E-state index is -1.53. The Morgan fingerprint density at radius 1 is 1.73 bits per heavy atom. The molecule has 0 aromatic carbocycles. The van der Waals surface area contributed by atoms with E-state index in [9.17, 15) is 9.18 Å². The van der Waals surface area contributed by atoms with Crippen LogP contribution < -0.4 is 0 Å². The summed E-state index contributed by atoms with van der Waals surface area (Å²) in [5.74, 6) is -0.853. The molecule has 1 N–H and O–H groups in total. The van der Waals surface area contributed by atoms with Crippen molar-refractivity contribution in [2.45, 2.75) is 32.5 Å². The number of aliphatic hydroxyl groups is 1. The van der Waals surface area contributed by atoms with E-state index in [1.54, 1.807) is 0 Å². The number of rotatable bonds is 1. The van der Waals surface area contributed by atoms with Crippen molar-refractivity contribution in [3.63, 3.8) is 0 Å². The van der Waals surface area contributed by atoms with Crippen LogP contribution in [0.3, 0.4) is 0 Å². The monoisotopic (exact) mass is 164 g/mol. The quantitative estimate of drug-likeness (QED) is 0.579. The van der Waals surface area contributed by atoms with Gasteiger partial charge in [-0.05, 0) is 0 Å². The number of hydrogen-bond donors (Lipinski definition) is 1. The topological polar surface area (TPSA) is 46.5 Å². The Kier molecular flexibility index (Phi) is 4.77. The molecule has 4 heteroatoms. The second-order valence-electron chi connectivity index (χ2n) is 1.94. The third kappa shape index (κ3) is 2.84. The number of ether oxygens (including phenoxy) is 1. The summed E-state index contributed by atoms with van der Waals surface area (Å²) in [6, 6.07) is 0. The number of hydrogen-bond acceptors (Lipinski definition) is 3. The van der Waals surface area contributed by atoms with Crippen LogP contribution in [0.5, 0.6) is 0 Å². The van der Waals surface area contributed by atoms with Crippen LogP contribution in [0.25, 0.3) is 0 Å². The molecule has 1 heterocycles. The summed E-state index contributed by atoms with van der Waals surface area (Å²) in [6.07, 6.45) is -2.15. The van der Waals surface area contributed by atoms with Crippen LogP contribution in [0.1, 0.15) is 20.3 Å². The summed E-state index contributed by atoms with van der Waals surface area (Å²) in [5, 5.41) is 8.36. The zero-order valence-electron chi connectivity index (χ0n) is 6.71. The predicted octanol–water partition coefficient (Wildman–Crippen LogP) is 0.659. The second kappa shape index (κ2) is 5.07. The lowest BCUT2D eigenvalue weighted by Crippen LogP contribution is -2.10. The summed E-state index contributed by atoms with van der Waals surface area (Å²) < 4.78 is 16.5. The summed E-state index contributed by atoms with van der Waals surface area (Å²) in [6.45, 7) is 3.71. The number of esters is 1. The molecule has 1 saturated heterocycles. The summed E-state index contributed by atoms with van der Waals surface area (Å²) >= 11 is 0. The van der Waals surface area contributed by atoms with Gasteiger partial charge in [0.2, 0.25) is 6.17 Å². The molecular formula is C7H13FO3. The van der Waals surface area contributed by atoms with Crippen molar-refractivity contribution in [3.8, 4) is 0 Å². The third-order valence-corrected chi connectivity index (χ3v) is 1.21. The number of carbonyl (C=O) groups excluding carboxylic acids is 1. The van der Waals surface area contributed by atoms with E-state index >= 15 is 0 Å². The van der Waals surface area contributed by atoms with E-state index in [0.29, 0.717) is 0 Å². The van der Waals surface area contributed by atoms with Gasteiger partial charge in [0.25, 0.3) is 0 Å². The van der Waals surface area contributed by atoms with Crippen LogP contribution in [0.4, 0.5) is 4.39 Å². The molecule has 0 saturated carbocycles. The summed E-state index contributed by atoms with van der Waals surface area (Å²) in [4.78, 5) is 10.2. The van der Waals surface area contributed by atoms with Gasteiger partial charge in [-0.25, -0.2) is 9.18 Å². The maximum atomic E-state index is 12.2. The molecule has 0 aromatic rings. The Morgan fingerprint density at radius 3 is 2.45 bits per heavy atom. The van der Waals surface area contributed by atoms with E-state index in [0.717, 1.165) is 0 Å². The Labute approximate surface area is 65.2 Å². The smallest absolute Gasteiger partial charge is 0.341 e. The van der Waals surface area contributed by atoms with Gasteiger partial charge in [0.05, 0.1) is 6.61 Å². The van der Waals surface area contributed by atoms with Crippen molar-refractivity contribution in [2.24, 2.45) is 0 Å². The van der Waals surface area contributed by atoms with Crippen LogP contribution in [-0.4, -0.2) is 30.0 Å². The zero-order chi connectivity index (χ0) is 8.85. The van der Waals surface area contributed by atoms with Crippen LogP contribution in [0.15, 0.2) is 0 Å². The first-order valence-electron chi connectivity index (χ1n) is 3.69. The standard InChI is InChI=1S/C5H7FO3.C2H6/c6-4-1-3(2-7)9-5(4)8;1-2/h3-4,7H,1-2H2;1-2H3. The zero-order valence-corrected chi connectivity index (χ0v) is 6.71. The number of cyclic esters (lactones) is 1. The average molecular weight is 164 g/mol. The Balaban J connectivity index is 0.000000461. The van der Waals surface area contributed by atoms with Crippen LogP contribution >= 0.6 is 0 Å². The second-order valence-corrected chi connectivity index (χ2v) is 1.94. The van der Waals surface area contributed by atoms with Gasteiger partial charge in [-0.15, -0.1) is 0 Å². The molecule has 1 aliphatic rings. The maximum absolute atomic E-state index is 12.2. The van der Waals surface area contributed by atoms with E-state index in [1.165, 1.54) is 0 Å². The number of carbonyl (C=O) groups is 1. The van der Waals surface area contributed by atoms with Crippen LogP contribution in [-0.2, 0) is 9.53 Å². The molecule has 2 unspecified atom stereocenters.